The van der Waals surface area contributed by atoms with Gasteiger partial charge in [0.1, 0.15) is 0 Å². The zero-order valence-electron chi connectivity index (χ0n) is 21.5. The van der Waals surface area contributed by atoms with E-state index in [1.54, 1.807) is 0 Å². The Morgan fingerprint density at radius 2 is 1.73 bits per heavy atom. The summed E-state index contributed by atoms with van der Waals surface area (Å²) in [7, 11) is 0. The molecule has 40 heavy (non-hydrogen) atoms. The van der Waals surface area contributed by atoms with Crippen LogP contribution in [0.1, 0.15) is 21.7 Å². The summed E-state index contributed by atoms with van der Waals surface area (Å²) in [6.45, 7) is 2.18. The molecular formula is C30H24N6O2S2. The lowest BCUT2D eigenvalue weighted by atomic mass is 10.0. The van der Waals surface area contributed by atoms with E-state index in [4.69, 9.17) is 0 Å². The summed E-state index contributed by atoms with van der Waals surface area (Å²) in [5.74, 6) is 0.310. The molecule has 0 saturated heterocycles. The van der Waals surface area contributed by atoms with Crippen LogP contribution in [0.4, 0.5) is 5.13 Å². The molecule has 0 fully saturated rings. The first-order chi connectivity index (χ1) is 19.5. The molecule has 0 bridgehead atoms. The number of thiazole rings is 1. The second-order valence-electron chi connectivity index (χ2n) is 9.11. The minimum Gasteiger partial charge on any atom is -0.345 e. The zero-order chi connectivity index (χ0) is 27.5. The van der Waals surface area contributed by atoms with Crippen LogP contribution in [0.5, 0.6) is 0 Å². The average molecular weight is 565 g/mol. The molecule has 2 heterocycles. The maximum atomic E-state index is 13.2. The first-order valence-electron chi connectivity index (χ1n) is 12.6. The summed E-state index contributed by atoms with van der Waals surface area (Å²) in [5, 5.41) is 17.6. The molecule has 0 aliphatic rings. The molecule has 0 aliphatic heterocycles. The van der Waals surface area contributed by atoms with Crippen molar-refractivity contribution in [1.29, 1.82) is 0 Å². The molecule has 0 radical (unpaired) electrons. The third-order valence-electron chi connectivity index (χ3n) is 6.27. The number of nitrogens with zero attached hydrogens (tertiary/aromatic N) is 4. The van der Waals surface area contributed by atoms with Crippen LogP contribution in [0.2, 0.25) is 0 Å². The number of nitrogens with one attached hydrogen (secondary N) is 2. The molecule has 8 nitrogen and oxygen atoms in total. The number of para-hydroxylation sites is 1. The number of rotatable bonds is 8. The molecule has 0 unspecified atom stereocenters. The second-order valence-corrected chi connectivity index (χ2v) is 11.1. The summed E-state index contributed by atoms with van der Waals surface area (Å²) in [6, 6.07) is 29.2. The maximum Gasteiger partial charge on any atom is 0.252 e. The number of anilines is 1. The third kappa shape index (κ3) is 5.45. The summed E-state index contributed by atoms with van der Waals surface area (Å²) < 4.78 is 2.89. The van der Waals surface area contributed by atoms with E-state index in [9.17, 15) is 9.59 Å². The molecule has 0 spiro atoms. The Balaban J connectivity index is 1.20. The van der Waals surface area contributed by atoms with Crippen LogP contribution in [-0.2, 0) is 11.3 Å². The number of thioether (sulfide) groups is 1. The molecule has 6 aromatic rings. The lowest BCUT2D eigenvalue weighted by Gasteiger charge is -2.12. The molecule has 2 N–H and O–H groups in total. The topological polar surface area (TPSA) is 102 Å². The predicted molar refractivity (Wildman–Crippen MR) is 160 cm³/mol. The Morgan fingerprint density at radius 3 is 2.60 bits per heavy atom. The van der Waals surface area contributed by atoms with E-state index in [0.29, 0.717) is 21.7 Å². The van der Waals surface area contributed by atoms with E-state index in [-0.39, 0.29) is 24.1 Å². The number of carbonyl (C=O) groups is 2. The number of amides is 2. The molecular weight excluding hydrogens is 541 g/mol. The average Bonchev–Trinajstić information content (AvgIpc) is 3.57. The Hall–Kier alpha value is -4.54. The normalized spacial score (nSPS) is 11.1. The summed E-state index contributed by atoms with van der Waals surface area (Å²) in [4.78, 5) is 30.4. The highest BCUT2D eigenvalue weighted by molar-refractivity contribution is 7.99. The van der Waals surface area contributed by atoms with Crippen molar-refractivity contribution in [3.63, 3.8) is 0 Å². The minimum absolute atomic E-state index is 0.127. The fourth-order valence-electron chi connectivity index (χ4n) is 4.42. The van der Waals surface area contributed by atoms with E-state index < -0.39 is 0 Å². The van der Waals surface area contributed by atoms with Gasteiger partial charge in [-0.05, 0) is 53.6 Å². The zero-order valence-corrected chi connectivity index (χ0v) is 23.1. The van der Waals surface area contributed by atoms with E-state index in [0.717, 1.165) is 32.2 Å². The summed E-state index contributed by atoms with van der Waals surface area (Å²) in [5.41, 5.74) is 3.38. The van der Waals surface area contributed by atoms with Crippen LogP contribution in [-0.4, -0.2) is 37.3 Å². The van der Waals surface area contributed by atoms with Crippen LogP contribution in [0, 0.1) is 6.92 Å². The lowest BCUT2D eigenvalue weighted by Crippen LogP contribution is -2.25. The summed E-state index contributed by atoms with van der Waals surface area (Å²) >= 11 is 2.71. The van der Waals surface area contributed by atoms with Crippen molar-refractivity contribution in [2.45, 2.75) is 18.6 Å². The van der Waals surface area contributed by atoms with Gasteiger partial charge in [0.15, 0.2) is 16.1 Å². The number of fused-ring (bicyclic) bond motifs is 2. The van der Waals surface area contributed by atoms with Gasteiger partial charge in [0, 0.05) is 11.3 Å². The van der Waals surface area contributed by atoms with Crippen LogP contribution < -0.4 is 10.6 Å². The maximum absolute atomic E-state index is 13.2. The Kier molecular flexibility index (Phi) is 7.26. The van der Waals surface area contributed by atoms with Gasteiger partial charge in [-0.3, -0.25) is 14.2 Å². The molecule has 0 atom stereocenters. The highest BCUT2D eigenvalue weighted by Gasteiger charge is 2.18. The fraction of sp³-hybridized carbons (Fsp3) is 0.100. The highest BCUT2D eigenvalue weighted by Crippen LogP contribution is 2.27. The van der Waals surface area contributed by atoms with Crippen molar-refractivity contribution in [2.75, 3.05) is 11.1 Å². The highest BCUT2D eigenvalue weighted by atomic mass is 32.2. The summed E-state index contributed by atoms with van der Waals surface area (Å²) in [6.07, 6.45) is 0. The molecule has 2 amide bonds. The monoisotopic (exact) mass is 564 g/mol. The molecule has 0 saturated carbocycles. The van der Waals surface area contributed by atoms with Gasteiger partial charge in [-0.25, -0.2) is 4.98 Å². The van der Waals surface area contributed by atoms with Gasteiger partial charge in [-0.2, -0.15) is 0 Å². The van der Waals surface area contributed by atoms with Crippen LogP contribution in [0.25, 0.3) is 26.7 Å². The first-order valence-corrected chi connectivity index (χ1v) is 14.4. The van der Waals surface area contributed by atoms with Crippen molar-refractivity contribution < 1.29 is 9.59 Å². The molecule has 2 aromatic heterocycles. The van der Waals surface area contributed by atoms with Crippen LogP contribution >= 0.6 is 23.1 Å². The number of aromatic nitrogens is 4. The molecule has 4 aromatic carbocycles. The van der Waals surface area contributed by atoms with Gasteiger partial charge >= 0.3 is 0 Å². The van der Waals surface area contributed by atoms with Gasteiger partial charge in [0.2, 0.25) is 5.91 Å². The van der Waals surface area contributed by atoms with Crippen molar-refractivity contribution in [1.82, 2.24) is 25.1 Å². The second kappa shape index (κ2) is 11.3. The Morgan fingerprint density at radius 1 is 0.925 bits per heavy atom. The van der Waals surface area contributed by atoms with E-state index in [2.05, 4.69) is 25.8 Å². The molecule has 0 aliphatic carbocycles. The standard InChI is InChI=1S/C30H24N6O2S2/c1-19-8-6-11-21(16-19)36-26(17-31-28(38)23-13-7-10-20-9-2-3-12-22(20)23)34-35-30(36)39-18-27(37)33-29-32-24-14-4-5-15-25(24)40-29/h2-16H,17-18H2,1H3,(H,31,38)(H,32,33,37). The lowest BCUT2D eigenvalue weighted by molar-refractivity contribution is -0.113. The number of hydrogen-bond acceptors (Lipinski definition) is 7. The number of aryl methyl sites for hydroxylation is 1. The third-order valence-corrected chi connectivity index (χ3v) is 8.15. The van der Waals surface area contributed by atoms with Gasteiger partial charge in [0.05, 0.1) is 22.5 Å². The van der Waals surface area contributed by atoms with Gasteiger partial charge in [0.25, 0.3) is 5.91 Å². The van der Waals surface area contributed by atoms with Crippen LogP contribution in [0.3, 0.4) is 0 Å². The van der Waals surface area contributed by atoms with Crippen molar-refractivity contribution in [3.05, 3.63) is 108 Å². The Bertz CT molecular complexity index is 1820. The fourth-order valence-corrected chi connectivity index (χ4v) is 6.08. The van der Waals surface area contributed by atoms with Crippen molar-refractivity contribution in [3.8, 4) is 5.69 Å². The minimum atomic E-state index is -0.194. The molecule has 198 valence electrons. The van der Waals surface area contributed by atoms with Gasteiger partial charge in [-0.1, -0.05) is 83.8 Å². The number of hydrogen-bond donors (Lipinski definition) is 2. The van der Waals surface area contributed by atoms with E-state index in [1.807, 2.05) is 102 Å². The smallest absolute Gasteiger partial charge is 0.252 e. The SMILES string of the molecule is Cc1cccc(-n2c(CNC(=O)c3cccc4ccccc34)nnc2SCC(=O)Nc2nc3ccccc3s2)c1. The van der Waals surface area contributed by atoms with E-state index in [1.165, 1.54) is 23.1 Å². The first kappa shape index (κ1) is 25.7. The quantitative estimate of drug-likeness (QED) is 0.220. The largest absolute Gasteiger partial charge is 0.345 e. The van der Waals surface area contributed by atoms with Gasteiger partial charge < -0.3 is 10.6 Å². The molecule has 10 heteroatoms. The molecule has 6 rings (SSSR count). The number of benzene rings is 4. The van der Waals surface area contributed by atoms with Gasteiger partial charge in [-0.15, -0.1) is 10.2 Å². The van der Waals surface area contributed by atoms with Crippen LogP contribution in [0.15, 0.2) is 96.2 Å². The number of carbonyl (C=O) groups excluding carboxylic acids is 2. The predicted octanol–water partition coefficient (Wildman–Crippen LogP) is 6.00. The van der Waals surface area contributed by atoms with Crippen molar-refractivity contribution >= 4 is 61.0 Å². The van der Waals surface area contributed by atoms with E-state index >= 15 is 0 Å². The Labute approximate surface area is 238 Å². The van der Waals surface area contributed by atoms with Crippen molar-refractivity contribution in [2.24, 2.45) is 0 Å².